The first kappa shape index (κ1) is 18.3. The first-order valence-corrected chi connectivity index (χ1v) is 9.61. The fraction of sp³-hybridized carbons (Fsp3) is 0.222. The lowest BCUT2D eigenvalue weighted by Crippen LogP contribution is -2.14. The molecule has 0 bridgehead atoms. The van der Waals surface area contributed by atoms with E-state index in [-0.39, 0.29) is 12.4 Å². The number of carbonyl (C=O) groups is 2. The van der Waals surface area contributed by atoms with E-state index >= 15 is 0 Å². The van der Waals surface area contributed by atoms with Gasteiger partial charge in [-0.2, -0.15) is 4.98 Å². The van der Waals surface area contributed by atoms with Crippen LogP contribution in [0, 0.1) is 13.8 Å². The van der Waals surface area contributed by atoms with Gasteiger partial charge in [-0.25, -0.2) is 4.79 Å². The van der Waals surface area contributed by atoms with Crippen LogP contribution in [0.3, 0.4) is 0 Å². The number of carbonyl (C=O) groups excluding carboxylic acids is 2. The summed E-state index contributed by atoms with van der Waals surface area (Å²) in [6.07, 6.45) is 0. The zero-order chi connectivity index (χ0) is 18.5. The minimum atomic E-state index is -0.531. The molecule has 0 aliphatic carbocycles. The third kappa shape index (κ3) is 4.59. The number of rotatable bonds is 7. The van der Waals surface area contributed by atoms with Crippen LogP contribution in [-0.2, 0) is 10.5 Å². The maximum atomic E-state index is 12.4. The number of ketones is 1. The van der Waals surface area contributed by atoms with Gasteiger partial charge in [0.15, 0.2) is 12.4 Å². The number of nitrogens with zero attached hydrogens (tertiary/aromatic N) is 2. The van der Waals surface area contributed by atoms with Crippen molar-refractivity contribution in [2.24, 2.45) is 0 Å². The molecule has 0 spiro atoms. The van der Waals surface area contributed by atoms with Gasteiger partial charge in [-0.15, -0.1) is 23.1 Å². The van der Waals surface area contributed by atoms with Crippen LogP contribution in [0.4, 0.5) is 0 Å². The SMILES string of the molecule is Cc1noc(CSc2ccccc2C(=O)OCC(=O)c2ccc(C)s2)n1. The van der Waals surface area contributed by atoms with Gasteiger partial charge in [0.2, 0.25) is 11.7 Å². The number of aryl methyl sites for hydroxylation is 2. The normalized spacial score (nSPS) is 10.7. The highest BCUT2D eigenvalue weighted by molar-refractivity contribution is 7.98. The molecule has 0 saturated heterocycles. The average Bonchev–Trinajstić information content (AvgIpc) is 3.26. The Bertz CT molecular complexity index is 933. The van der Waals surface area contributed by atoms with E-state index in [0.717, 1.165) is 9.77 Å². The van der Waals surface area contributed by atoms with Crippen LogP contribution < -0.4 is 0 Å². The lowest BCUT2D eigenvalue weighted by molar-refractivity contribution is 0.0472. The molecule has 1 aromatic carbocycles. The minimum absolute atomic E-state index is 0.206. The van der Waals surface area contributed by atoms with Crippen molar-refractivity contribution in [3.63, 3.8) is 0 Å². The lowest BCUT2D eigenvalue weighted by Gasteiger charge is -2.08. The molecular formula is C18H16N2O4S2. The van der Waals surface area contributed by atoms with Crippen LogP contribution >= 0.6 is 23.1 Å². The van der Waals surface area contributed by atoms with Gasteiger partial charge in [0.1, 0.15) is 0 Å². The monoisotopic (exact) mass is 388 g/mol. The Hall–Kier alpha value is -2.45. The summed E-state index contributed by atoms with van der Waals surface area (Å²) in [4.78, 5) is 31.0. The van der Waals surface area contributed by atoms with Crippen molar-refractivity contribution in [3.8, 4) is 0 Å². The third-order valence-electron chi connectivity index (χ3n) is 3.38. The number of thiophene rings is 1. The molecule has 3 rings (SSSR count). The molecule has 8 heteroatoms. The maximum Gasteiger partial charge on any atom is 0.339 e. The molecule has 6 nitrogen and oxygen atoms in total. The fourth-order valence-electron chi connectivity index (χ4n) is 2.16. The van der Waals surface area contributed by atoms with Crippen molar-refractivity contribution in [2.45, 2.75) is 24.5 Å². The summed E-state index contributed by atoms with van der Waals surface area (Å²) < 4.78 is 10.3. The zero-order valence-corrected chi connectivity index (χ0v) is 15.9. The summed E-state index contributed by atoms with van der Waals surface area (Å²) in [5.41, 5.74) is 0.406. The van der Waals surface area contributed by atoms with Crippen molar-refractivity contribution in [1.29, 1.82) is 0 Å². The van der Waals surface area contributed by atoms with Gasteiger partial charge in [-0.05, 0) is 38.1 Å². The van der Waals surface area contributed by atoms with Gasteiger partial charge >= 0.3 is 5.97 Å². The highest BCUT2D eigenvalue weighted by Crippen LogP contribution is 2.26. The fourth-order valence-corrected chi connectivity index (χ4v) is 3.83. The molecule has 0 radical (unpaired) electrons. The third-order valence-corrected chi connectivity index (χ3v) is 5.48. The molecule has 2 heterocycles. The van der Waals surface area contributed by atoms with Gasteiger partial charge in [-0.3, -0.25) is 4.79 Å². The summed E-state index contributed by atoms with van der Waals surface area (Å²) in [5, 5.41) is 3.74. The molecule has 0 unspecified atom stereocenters. The predicted octanol–water partition coefficient (Wildman–Crippen LogP) is 4.08. The minimum Gasteiger partial charge on any atom is -0.454 e. The van der Waals surface area contributed by atoms with Crippen molar-refractivity contribution >= 4 is 34.9 Å². The second-order valence-electron chi connectivity index (χ2n) is 5.43. The largest absolute Gasteiger partial charge is 0.454 e. The number of hydrogen-bond donors (Lipinski definition) is 0. The van der Waals surface area contributed by atoms with Crippen LogP contribution in [0.5, 0.6) is 0 Å². The van der Waals surface area contributed by atoms with Crippen LogP contribution in [0.2, 0.25) is 0 Å². The van der Waals surface area contributed by atoms with Crippen molar-refractivity contribution in [2.75, 3.05) is 6.61 Å². The summed E-state index contributed by atoms with van der Waals surface area (Å²) in [7, 11) is 0. The molecule has 0 N–H and O–H groups in total. The Labute approximate surface area is 158 Å². The number of aromatic nitrogens is 2. The van der Waals surface area contributed by atoms with E-state index in [4.69, 9.17) is 9.26 Å². The summed E-state index contributed by atoms with van der Waals surface area (Å²) >= 11 is 2.78. The van der Waals surface area contributed by atoms with E-state index in [2.05, 4.69) is 10.1 Å². The van der Waals surface area contributed by atoms with E-state index in [1.54, 1.807) is 25.1 Å². The van der Waals surface area contributed by atoms with Crippen molar-refractivity contribution < 1.29 is 18.8 Å². The molecule has 0 atom stereocenters. The first-order valence-electron chi connectivity index (χ1n) is 7.80. The Morgan fingerprint density at radius 1 is 1.19 bits per heavy atom. The molecule has 0 fully saturated rings. The number of esters is 1. The lowest BCUT2D eigenvalue weighted by atomic mass is 10.2. The number of Topliss-reactive ketones (excluding diaryl/α,β-unsaturated/α-hetero) is 1. The van der Waals surface area contributed by atoms with Crippen LogP contribution in [0.1, 0.15) is 36.6 Å². The maximum absolute atomic E-state index is 12.4. The van der Waals surface area contributed by atoms with E-state index in [9.17, 15) is 9.59 Å². The second-order valence-corrected chi connectivity index (χ2v) is 7.73. The van der Waals surface area contributed by atoms with Gasteiger partial charge in [0.25, 0.3) is 0 Å². The molecule has 0 aliphatic heterocycles. The standard InChI is InChI=1S/C18H16N2O4S2/c1-11-7-8-16(26-11)14(21)9-23-18(22)13-5-3-4-6-15(13)25-10-17-19-12(2)20-24-17/h3-8H,9-10H2,1-2H3. The number of hydrogen-bond acceptors (Lipinski definition) is 8. The molecule has 26 heavy (non-hydrogen) atoms. The smallest absolute Gasteiger partial charge is 0.339 e. The topological polar surface area (TPSA) is 82.3 Å². The van der Waals surface area contributed by atoms with Crippen molar-refractivity contribution in [3.05, 3.63) is 63.4 Å². The average molecular weight is 388 g/mol. The Kier molecular flexibility index (Phi) is 5.85. The number of benzene rings is 1. The van der Waals surface area contributed by atoms with E-state index in [1.165, 1.54) is 23.1 Å². The van der Waals surface area contributed by atoms with E-state index in [0.29, 0.717) is 27.9 Å². The predicted molar refractivity (Wildman–Crippen MR) is 98.7 cm³/mol. The molecule has 3 aromatic rings. The van der Waals surface area contributed by atoms with Gasteiger partial charge in [-0.1, -0.05) is 17.3 Å². The molecule has 0 amide bonds. The molecule has 2 aromatic heterocycles. The van der Waals surface area contributed by atoms with Crippen LogP contribution in [0.25, 0.3) is 0 Å². The Morgan fingerprint density at radius 3 is 2.69 bits per heavy atom. The number of thioether (sulfide) groups is 1. The molecular weight excluding hydrogens is 372 g/mol. The zero-order valence-electron chi connectivity index (χ0n) is 14.2. The summed E-state index contributed by atoms with van der Waals surface area (Å²) in [6.45, 7) is 3.39. The van der Waals surface area contributed by atoms with Gasteiger partial charge in [0, 0.05) is 9.77 Å². The number of ether oxygens (including phenoxy) is 1. The highest BCUT2D eigenvalue weighted by Gasteiger charge is 2.17. The quantitative estimate of drug-likeness (QED) is 0.343. The van der Waals surface area contributed by atoms with Crippen LogP contribution in [-0.4, -0.2) is 28.5 Å². The Balaban J connectivity index is 1.62. The van der Waals surface area contributed by atoms with Crippen LogP contribution in [0.15, 0.2) is 45.8 Å². The van der Waals surface area contributed by atoms with Gasteiger partial charge < -0.3 is 9.26 Å². The molecule has 0 saturated carbocycles. The Morgan fingerprint density at radius 2 is 2.00 bits per heavy atom. The molecule has 0 aliphatic rings. The van der Waals surface area contributed by atoms with E-state index in [1.807, 2.05) is 25.1 Å². The van der Waals surface area contributed by atoms with Crippen molar-refractivity contribution in [1.82, 2.24) is 10.1 Å². The first-order chi connectivity index (χ1) is 12.5. The highest BCUT2D eigenvalue weighted by atomic mass is 32.2. The summed E-state index contributed by atoms with van der Waals surface area (Å²) in [6, 6.07) is 10.7. The molecule has 134 valence electrons. The van der Waals surface area contributed by atoms with E-state index < -0.39 is 5.97 Å². The summed E-state index contributed by atoms with van der Waals surface area (Å²) in [5.74, 6) is 0.757. The second kappa shape index (κ2) is 8.29. The van der Waals surface area contributed by atoms with Gasteiger partial charge in [0.05, 0.1) is 16.2 Å².